The van der Waals surface area contributed by atoms with E-state index in [-0.39, 0.29) is 11.3 Å². The van der Waals surface area contributed by atoms with Crippen molar-refractivity contribution < 1.29 is 9.53 Å². The van der Waals surface area contributed by atoms with Crippen molar-refractivity contribution in [2.45, 2.75) is 19.3 Å². The fourth-order valence-electron chi connectivity index (χ4n) is 1.84. The first-order valence-electron chi connectivity index (χ1n) is 6.06. The van der Waals surface area contributed by atoms with Gasteiger partial charge in [-0.3, -0.25) is 4.79 Å². The Labute approximate surface area is 109 Å². The maximum absolute atomic E-state index is 11.5. The summed E-state index contributed by atoms with van der Waals surface area (Å²) in [6, 6.07) is 7.89. The van der Waals surface area contributed by atoms with Crippen LogP contribution in [0.15, 0.2) is 24.3 Å². The molecular formula is C14H22N2O2. The Morgan fingerprint density at radius 3 is 2.61 bits per heavy atom. The van der Waals surface area contributed by atoms with Crippen molar-refractivity contribution >= 4 is 5.91 Å². The highest BCUT2D eigenvalue weighted by molar-refractivity contribution is 5.78. The van der Waals surface area contributed by atoms with E-state index in [9.17, 15) is 4.79 Å². The first-order valence-corrected chi connectivity index (χ1v) is 6.06. The predicted octanol–water partition coefficient (Wildman–Crippen LogP) is 1.31. The van der Waals surface area contributed by atoms with Crippen LogP contribution in [0.1, 0.15) is 19.4 Å². The molecule has 4 heteroatoms. The third kappa shape index (κ3) is 3.74. The lowest BCUT2D eigenvalue weighted by atomic mass is 9.84. The number of hydrogen-bond acceptors (Lipinski definition) is 3. The summed E-state index contributed by atoms with van der Waals surface area (Å²) in [6.07, 6.45) is 0. The summed E-state index contributed by atoms with van der Waals surface area (Å²) in [6.45, 7) is 5.09. The Morgan fingerprint density at radius 2 is 2.00 bits per heavy atom. The van der Waals surface area contributed by atoms with Crippen LogP contribution in [0.5, 0.6) is 5.75 Å². The van der Waals surface area contributed by atoms with Crippen molar-refractivity contribution in [3.05, 3.63) is 29.8 Å². The molecule has 0 bridgehead atoms. The summed E-state index contributed by atoms with van der Waals surface area (Å²) in [7, 11) is 3.42. The van der Waals surface area contributed by atoms with Gasteiger partial charge in [-0.1, -0.05) is 32.0 Å². The molecule has 0 atom stereocenters. The number of carbonyl (C=O) groups excluding carboxylic acids is 1. The number of benzene rings is 1. The molecule has 1 aromatic carbocycles. The first kappa shape index (κ1) is 14.5. The molecule has 0 saturated heterocycles. The smallest absolute Gasteiger partial charge is 0.233 e. The van der Waals surface area contributed by atoms with Gasteiger partial charge >= 0.3 is 0 Å². The summed E-state index contributed by atoms with van der Waals surface area (Å²) in [5, 5.41) is 5.75. The monoisotopic (exact) mass is 250 g/mol. The van der Waals surface area contributed by atoms with Crippen LogP contribution in [0.25, 0.3) is 0 Å². The number of methoxy groups -OCH3 is 1. The summed E-state index contributed by atoms with van der Waals surface area (Å²) in [5.41, 5.74) is 0.924. The normalized spacial score (nSPS) is 11.1. The van der Waals surface area contributed by atoms with E-state index in [1.165, 1.54) is 0 Å². The number of nitrogens with one attached hydrogen (secondary N) is 2. The molecule has 0 aliphatic rings. The van der Waals surface area contributed by atoms with Crippen molar-refractivity contribution in [2.24, 2.45) is 0 Å². The minimum absolute atomic E-state index is 0.000438. The maximum Gasteiger partial charge on any atom is 0.233 e. The van der Waals surface area contributed by atoms with Gasteiger partial charge in [-0.2, -0.15) is 0 Å². The van der Waals surface area contributed by atoms with E-state index in [0.29, 0.717) is 13.1 Å². The molecule has 0 heterocycles. The molecule has 2 N–H and O–H groups in total. The minimum atomic E-state index is -0.171. The number of carbonyl (C=O) groups is 1. The Balaban J connectivity index is 2.76. The molecule has 0 aromatic heterocycles. The maximum atomic E-state index is 11.5. The molecule has 1 amide bonds. The van der Waals surface area contributed by atoms with E-state index in [1.54, 1.807) is 14.2 Å². The highest BCUT2D eigenvalue weighted by Crippen LogP contribution is 2.30. The third-order valence-corrected chi connectivity index (χ3v) is 2.90. The van der Waals surface area contributed by atoms with Gasteiger partial charge in [-0.25, -0.2) is 0 Å². The quantitative estimate of drug-likeness (QED) is 0.800. The molecule has 1 aromatic rings. The van der Waals surface area contributed by atoms with Gasteiger partial charge in [0, 0.05) is 17.5 Å². The standard InChI is InChI=1S/C14H22N2O2/c1-14(2,10-16-13(17)9-15-3)11-7-5-6-8-12(11)18-4/h5-8,15H,9-10H2,1-4H3,(H,16,17). The van der Waals surface area contributed by atoms with Gasteiger partial charge in [0.05, 0.1) is 13.7 Å². The molecular weight excluding hydrogens is 228 g/mol. The number of ether oxygens (including phenoxy) is 1. The zero-order valence-electron chi connectivity index (χ0n) is 11.5. The van der Waals surface area contributed by atoms with Gasteiger partial charge in [-0.05, 0) is 13.1 Å². The van der Waals surface area contributed by atoms with Crippen molar-refractivity contribution in [2.75, 3.05) is 27.2 Å². The summed E-state index contributed by atoms with van der Waals surface area (Å²) >= 11 is 0. The van der Waals surface area contributed by atoms with Crippen LogP contribution in [-0.2, 0) is 10.2 Å². The Kier molecular flexibility index (Phi) is 5.16. The SMILES string of the molecule is CNCC(=O)NCC(C)(C)c1ccccc1OC. The van der Waals surface area contributed by atoms with Gasteiger partial charge in [-0.15, -0.1) is 0 Å². The van der Waals surface area contributed by atoms with Crippen molar-refractivity contribution in [3.63, 3.8) is 0 Å². The Hall–Kier alpha value is -1.55. The zero-order chi connectivity index (χ0) is 13.6. The molecule has 4 nitrogen and oxygen atoms in total. The molecule has 0 unspecified atom stereocenters. The second-order valence-corrected chi connectivity index (χ2v) is 4.89. The molecule has 1 rings (SSSR count). The zero-order valence-corrected chi connectivity index (χ0v) is 11.5. The van der Waals surface area contributed by atoms with Crippen LogP contribution >= 0.6 is 0 Å². The summed E-state index contributed by atoms with van der Waals surface area (Å²) < 4.78 is 5.36. The average Bonchev–Trinajstić information content (AvgIpc) is 2.37. The van der Waals surface area contributed by atoms with Crippen LogP contribution in [0.3, 0.4) is 0 Å². The van der Waals surface area contributed by atoms with Crippen LogP contribution < -0.4 is 15.4 Å². The second-order valence-electron chi connectivity index (χ2n) is 4.89. The van der Waals surface area contributed by atoms with E-state index in [2.05, 4.69) is 24.5 Å². The largest absolute Gasteiger partial charge is 0.496 e. The van der Waals surface area contributed by atoms with Crippen molar-refractivity contribution in [3.8, 4) is 5.75 Å². The van der Waals surface area contributed by atoms with E-state index in [0.717, 1.165) is 11.3 Å². The molecule has 100 valence electrons. The van der Waals surface area contributed by atoms with E-state index >= 15 is 0 Å². The van der Waals surface area contributed by atoms with E-state index in [4.69, 9.17) is 4.74 Å². The van der Waals surface area contributed by atoms with Gasteiger partial charge in [0.25, 0.3) is 0 Å². The van der Waals surface area contributed by atoms with Crippen LogP contribution in [-0.4, -0.2) is 33.2 Å². The topological polar surface area (TPSA) is 50.4 Å². The lowest BCUT2D eigenvalue weighted by Crippen LogP contribution is -2.40. The summed E-state index contributed by atoms with van der Waals surface area (Å²) in [5.74, 6) is 0.853. The van der Waals surface area contributed by atoms with Gasteiger partial charge < -0.3 is 15.4 Å². The van der Waals surface area contributed by atoms with Gasteiger partial charge in [0.1, 0.15) is 5.75 Å². The lowest BCUT2D eigenvalue weighted by molar-refractivity contribution is -0.120. The van der Waals surface area contributed by atoms with Crippen LogP contribution in [0, 0.1) is 0 Å². The molecule has 0 aliphatic heterocycles. The van der Waals surface area contributed by atoms with Crippen LogP contribution in [0.4, 0.5) is 0 Å². The molecule has 0 fully saturated rings. The molecule has 0 radical (unpaired) electrons. The first-order chi connectivity index (χ1) is 8.51. The van der Waals surface area contributed by atoms with Gasteiger partial charge in [0.2, 0.25) is 5.91 Å². The molecule has 0 saturated carbocycles. The number of rotatable bonds is 6. The van der Waals surface area contributed by atoms with Crippen molar-refractivity contribution in [1.82, 2.24) is 10.6 Å². The molecule has 0 spiro atoms. The summed E-state index contributed by atoms with van der Waals surface area (Å²) in [4.78, 5) is 11.5. The van der Waals surface area contributed by atoms with E-state index < -0.39 is 0 Å². The second kappa shape index (κ2) is 6.40. The van der Waals surface area contributed by atoms with Crippen LogP contribution in [0.2, 0.25) is 0 Å². The van der Waals surface area contributed by atoms with E-state index in [1.807, 2.05) is 24.3 Å². The lowest BCUT2D eigenvalue weighted by Gasteiger charge is -2.27. The number of amides is 1. The fraction of sp³-hybridized carbons (Fsp3) is 0.500. The highest BCUT2D eigenvalue weighted by atomic mass is 16.5. The minimum Gasteiger partial charge on any atom is -0.496 e. The number of hydrogen-bond donors (Lipinski definition) is 2. The fourth-order valence-corrected chi connectivity index (χ4v) is 1.84. The highest BCUT2D eigenvalue weighted by Gasteiger charge is 2.24. The molecule has 18 heavy (non-hydrogen) atoms. The van der Waals surface area contributed by atoms with Gasteiger partial charge in [0.15, 0.2) is 0 Å². The Morgan fingerprint density at radius 1 is 1.33 bits per heavy atom. The van der Waals surface area contributed by atoms with Crippen molar-refractivity contribution in [1.29, 1.82) is 0 Å². The third-order valence-electron chi connectivity index (χ3n) is 2.90. The molecule has 0 aliphatic carbocycles. The number of likely N-dealkylation sites (N-methyl/N-ethyl adjacent to an activating group) is 1. The number of para-hydroxylation sites is 1. The average molecular weight is 250 g/mol. The Bertz CT molecular complexity index is 403. The predicted molar refractivity (Wildman–Crippen MR) is 73.0 cm³/mol.